The number of esters is 1. The predicted octanol–water partition coefficient (Wildman–Crippen LogP) is 4.10. The minimum atomic E-state index is -0.371. The maximum Gasteiger partial charge on any atom is 0.338 e. The highest BCUT2D eigenvalue weighted by atomic mass is 35.5. The van der Waals surface area contributed by atoms with Gasteiger partial charge in [0.1, 0.15) is 13.2 Å². The van der Waals surface area contributed by atoms with Crippen molar-refractivity contribution in [1.82, 2.24) is 14.9 Å². The first-order chi connectivity index (χ1) is 16.5. The number of halogens is 2. The zero-order chi connectivity index (χ0) is 23.9. The maximum absolute atomic E-state index is 12.4. The smallest absolute Gasteiger partial charge is 0.338 e. The lowest BCUT2D eigenvalue weighted by molar-refractivity contribution is 0.0195. The number of carbonyl (C=O) groups is 1. The van der Waals surface area contributed by atoms with Gasteiger partial charge in [0.15, 0.2) is 5.82 Å². The molecule has 0 radical (unpaired) electrons. The molecule has 0 spiro atoms. The number of ether oxygens (including phenoxy) is 3. The van der Waals surface area contributed by atoms with Gasteiger partial charge in [-0.2, -0.15) is 0 Å². The molecule has 3 aromatic rings. The van der Waals surface area contributed by atoms with Crippen molar-refractivity contribution in [2.24, 2.45) is 0 Å². The number of nitrogens with two attached hydrogens (primary N) is 1. The van der Waals surface area contributed by atoms with Crippen LogP contribution in [0.4, 0.5) is 5.82 Å². The lowest BCUT2D eigenvalue weighted by Crippen LogP contribution is -2.38. The molecule has 4 rings (SSSR count). The quantitative estimate of drug-likeness (QED) is 0.459. The molecule has 1 aromatic heterocycles. The number of hydrogen-bond donors (Lipinski definition) is 1. The van der Waals surface area contributed by atoms with E-state index < -0.39 is 0 Å². The Bertz CT molecular complexity index is 1120. The highest BCUT2D eigenvalue weighted by Gasteiger charge is 2.14. The molecule has 34 heavy (non-hydrogen) atoms. The monoisotopic (exact) mass is 502 g/mol. The topological polar surface area (TPSA) is 99.8 Å². The molecule has 178 valence electrons. The minimum Gasteiger partial charge on any atom is -0.470 e. The molecule has 8 nitrogen and oxygen atoms in total. The molecule has 1 saturated heterocycles. The van der Waals surface area contributed by atoms with Gasteiger partial charge in [-0.1, -0.05) is 41.4 Å². The summed E-state index contributed by atoms with van der Waals surface area (Å²) >= 11 is 12.4. The third-order valence-corrected chi connectivity index (χ3v) is 6.05. The molecule has 2 heterocycles. The molecule has 0 bridgehead atoms. The summed E-state index contributed by atoms with van der Waals surface area (Å²) in [6.45, 7) is 4.25. The summed E-state index contributed by atoms with van der Waals surface area (Å²) in [6, 6.07) is 12.1. The second kappa shape index (κ2) is 11.5. The molecule has 10 heteroatoms. The summed E-state index contributed by atoms with van der Waals surface area (Å²) in [5.41, 5.74) is 8.32. The van der Waals surface area contributed by atoms with Crippen LogP contribution in [-0.4, -0.2) is 60.3 Å². The van der Waals surface area contributed by atoms with E-state index in [4.69, 9.17) is 43.1 Å². The van der Waals surface area contributed by atoms with Gasteiger partial charge < -0.3 is 19.9 Å². The summed E-state index contributed by atoms with van der Waals surface area (Å²) < 4.78 is 16.5. The lowest BCUT2D eigenvalue weighted by Gasteiger charge is -2.26. The van der Waals surface area contributed by atoms with E-state index in [9.17, 15) is 4.79 Å². The van der Waals surface area contributed by atoms with Crippen LogP contribution in [0.25, 0.3) is 11.3 Å². The van der Waals surface area contributed by atoms with E-state index in [1.807, 2.05) is 0 Å². The molecule has 1 fully saturated rings. The Morgan fingerprint density at radius 3 is 2.50 bits per heavy atom. The van der Waals surface area contributed by atoms with E-state index >= 15 is 0 Å². The molecule has 0 saturated carbocycles. The average molecular weight is 503 g/mol. The number of hydrogen-bond acceptors (Lipinski definition) is 8. The Hall–Kier alpha value is -2.91. The van der Waals surface area contributed by atoms with Crippen molar-refractivity contribution in [3.05, 3.63) is 69.8 Å². The van der Waals surface area contributed by atoms with Gasteiger partial charge in [-0.3, -0.25) is 4.90 Å². The Labute approximate surface area is 207 Å². The van der Waals surface area contributed by atoms with E-state index in [-0.39, 0.29) is 24.3 Å². The highest BCUT2D eigenvalue weighted by Crippen LogP contribution is 2.28. The summed E-state index contributed by atoms with van der Waals surface area (Å²) in [7, 11) is 0. The number of carbonyl (C=O) groups excluding carboxylic acids is 1. The number of rotatable bonds is 8. The van der Waals surface area contributed by atoms with Gasteiger partial charge in [0.2, 0.25) is 0 Å². The van der Waals surface area contributed by atoms with Gasteiger partial charge in [0.05, 0.1) is 30.7 Å². The van der Waals surface area contributed by atoms with Crippen LogP contribution in [0.5, 0.6) is 5.88 Å². The van der Waals surface area contributed by atoms with Gasteiger partial charge in [-0.15, -0.1) is 0 Å². The SMILES string of the molecule is Nc1ncc(-c2ccc(C(=O)OCCN3CCOCC3)cc2)nc1OCc1c(Cl)cccc1Cl. The van der Waals surface area contributed by atoms with Gasteiger partial charge >= 0.3 is 5.97 Å². The molecule has 0 amide bonds. The van der Waals surface area contributed by atoms with Crippen molar-refractivity contribution in [3.8, 4) is 17.1 Å². The lowest BCUT2D eigenvalue weighted by atomic mass is 10.1. The first kappa shape index (κ1) is 24.2. The molecule has 0 aliphatic carbocycles. The normalized spacial score (nSPS) is 14.1. The zero-order valence-corrected chi connectivity index (χ0v) is 19.9. The number of morpholine rings is 1. The third-order valence-electron chi connectivity index (χ3n) is 5.34. The predicted molar refractivity (Wildman–Crippen MR) is 130 cm³/mol. The van der Waals surface area contributed by atoms with Crippen molar-refractivity contribution in [1.29, 1.82) is 0 Å². The van der Waals surface area contributed by atoms with Gasteiger partial charge in [0.25, 0.3) is 5.88 Å². The van der Waals surface area contributed by atoms with E-state index in [0.717, 1.165) is 18.7 Å². The van der Waals surface area contributed by atoms with Crippen LogP contribution in [-0.2, 0) is 16.1 Å². The molecule has 2 N–H and O–H groups in total. The van der Waals surface area contributed by atoms with E-state index in [1.54, 1.807) is 48.7 Å². The number of aromatic nitrogens is 2. The molecule has 0 unspecified atom stereocenters. The van der Waals surface area contributed by atoms with Gasteiger partial charge in [-0.25, -0.2) is 14.8 Å². The molecule has 2 aromatic carbocycles. The van der Waals surface area contributed by atoms with E-state index in [2.05, 4.69) is 14.9 Å². The minimum absolute atomic E-state index is 0.0933. The zero-order valence-electron chi connectivity index (χ0n) is 18.4. The average Bonchev–Trinajstić information content (AvgIpc) is 2.85. The fourth-order valence-electron chi connectivity index (χ4n) is 3.39. The van der Waals surface area contributed by atoms with Gasteiger partial charge in [-0.05, 0) is 24.3 Å². The molecular formula is C24H24Cl2N4O4. The van der Waals surface area contributed by atoms with E-state index in [1.165, 1.54) is 0 Å². The standard InChI is InChI=1S/C24H24Cl2N4O4/c25-19-2-1-3-20(26)18(19)15-34-23-22(27)28-14-21(29-23)16-4-6-17(7-5-16)24(31)33-13-10-30-8-11-32-12-9-30/h1-7,14H,8-13,15H2,(H2,27,28). The van der Waals surface area contributed by atoms with Crippen LogP contribution in [0.3, 0.4) is 0 Å². The fraction of sp³-hybridized carbons (Fsp3) is 0.292. The first-order valence-corrected chi connectivity index (χ1v) is 11.5. The Balaban J connectivity index is 1.37. The fourth-order valence-corrected chi connectivity index (χ4v) is 3.90. The second-order valence-electron chi connectivity index (χ2n) is 7.60. The molecule has 1 aliphatic rings. The Morgan fingerprint density at radius 2 is 1.79 bits per heavy atom. The number of benzene rings is 2. The Kier molecular flexibility index (Phi) is 8.18. The summed E-state index contributed by atoms with van der Waals surface area (Å²) in [4.78, 5) is 23.2. The van der Waals surface area contributed by atoms with Crippen molar-refractivity contribution in [2.75, 3.05) is 45.2 Å². The molecular weight excluding hydrogens is 479 g/mol. The summed E-state index contributed by atoms with van der Waals surface area (Å²) in [5, 5.41) is 0.977. The van der Waals surface area contributed by atoms with Crippen LogP contribution in [0.15, 0.2) is 48.7 Å². The summed E-state index contributed by atoms with van der Waals surface area (Å²) in [6.07, 6.45) is 1.54. The van der Waals surface area contributed by atoms with Crippen LogP contribution in [0, 0.1) is 0 Å². The number of nitrogen functional groups attached to an aromatic ring is 1. The molecule has 1 aliphatic heterocycles. The van der Waals surface area contributed by atoms with Crippen LogP contribution < -0.4 is 10.5 Å². The van der Waals surface area contributed by atoms with Gasteiger partial charge in [0, 0.05) is 40.8 Å². The molecule has 0 atom stereocenters. The summed E-state index contributed by atoms with van der Waals surface area (Å²) in [5.74, 6) is -0.0590. The van der Waals surface area contributed by atoms with Crippen molar-refractivity contribution in [3.63, 3.8) is 0 Å². The van der Waals surface area contributed by atoms with Crippen LogP contribution in [0.2, 0.25) is 10.0 Å². The number of nitrogens with zero attached hydrogens (tertiary/aromatic N) is 3. The van der Waals surface area contributed by atoms with Crippen molar-refractivity contribution in [2.45, 2.75) is 6.61 Å². The highest BCUT2D eigenvalue weighted by molar-refractivity contribution is 6.35. The van der Waals surface area contributed by atoms with Crippen LogP contribution >= 0.6 is 23.2 Å². The Morgan fingerprint density at radius 1 is 1.09 bits per heavy atom. The van der Waals surface area contributed by atoms with Crippen molar-refractivity contribution < 1.29 is 19.0 Å². The maximum atomic E-state index is 12.4. The van der Waals surface area contributed by atoms with E-state index in [0.29, 0.717) is 53.2 Å². The largest absolute Gasteiger partial charge is 0.470 e. The second-order valence-corrected chi connectivity index (χ2v) is 8.42. The van der Waals surface area contributed by atoms with Crippen molar-refractivity contribution >= 4 is 35.0 Å². The third kappa shape index (κ3) is 6.15. The van der Waals surface area contributed by atoms with Crippen LogP contribution in [0.1, 0.15) is 15.9 Å². The number of anilines is 1. The first-order valence-electron chi connectivity index (χ1n) is 10.8.